The molecule has 2 aromatic rings. The van der Waals surface area contributed by atoms with E-state index in [9.17, 15) is 17.6 Å². The topological polar surface area (TPSA) is 85.4 Å². The molecule has 0 aliphatic carbocycles. The van der Waals surface area contributed by atoms with E-state index in [4.69, 9.17) is 13.7 Å². The highest BCUT2D eigenvalue weighted by Gasteiger charge is 2.21. The van der Waals surface area contributed by atoms with E-state index in [-0.39, 0.29) is 29.0 Å². The zero-order valence-electron chi connectivity index (χ0n) is 17.3. The maximum atomic E-state index is 13.1. The lowest BCUT2D eigenvalue weighted by Gasteiger charge is -2.26. The molecule has 0 spiro atoms. The molecule has 0 aliphatic heterocycles. The summed E-state index contributed by atoms with van der Waals surface area (Å²) in [5, 5.41) is 0. The van der Waals surface area contributed by atoms with Gasteiger partial charge < -0.3 is 23.5 Å². The monoisotopic (exact) mass is 440 g/mol. The number of amides is 2. The second-order valence-electron chi connectivity index (χ2n) is 6.57. The van der Waals surface area contributed by atoms with Gasteiger partial charge in [0.25, 0.3) is 0 Å². The van der Waals surface area contributed by atoms with Gasteiger partial charge in [-0.25, -0.2) is 9.18 Å². The highest BCUT2D eigenvalue weighted by atomic mass is 32.2. The van der Waals surface area contributed by atoms with Crippen LogP contribution in [0.4, 0.5) is 9.18 Å². The summed E-state index contributed by atoms with van der Waals surface area (Å²) in [4.78, 5) is 15.2. The van der Waals surface area contributed by atoms with Crippen LogP contribution in [-0.4, -0.2) is 65.7 Å². The third-order valence-electron chi connectivity index (χ3n) is 4.12. The normalized spacial score (nSPS) is 11.1. The average molecular weight is 440 g/mol. The predicted octanol–water partition coefficient (Wildman–Crippen LogP) is 2.73. The lowest BCUT2D eigenvalue weighted by Crippen LogP contribution is -2.40. The van der Waals surface area contributed by atoms with Crippen molar-refractivity contribution in [1.82, 2.24) is 9.80 Å². The van der Waals surface area contributed by atoms with Crippen LogP contribution >= 0.6 is 0 Å². The molecule has 0 N–H and O–H groups in total. The van der Waals surface area contributed by atoms with Crippen molar-refractivity contribution in [3.8, 4) is 11.5 Å². The number of ether oxygens (including phenoxy) is 2. The van der Waals surface area contributed by atoms with E-state index < -0.39 is 15.9 Å². The molecule has 0 fully saturated rings. The molecule has 0 aliphatic rings. The van der Waals surface area contributed by atoms with E-state index in [0.717, 1.165) is 24.3 Å². The quantitative estimate of drug-likeness (QED) is 0.558. The molecule has 2 rings (SSSR count). The number of carbonyl (C=O) groups is 1. The summed E-state index contributed by atoms with van der Waals surface area (Å²) in [6.45, 7) is 0.902. The summed E-state index contributed by atoms with van der Waals surface area (Å²) in [7, 11) is 1.99. The van der Waals surface area contributed by atoms with Gasteiger partial charge in [0.15, 0.2) is 11.5 Å². The van der Waals surface area contributed by atoms with Crippen molar-refractivity contribution in [1.29, 1.82) is 0 Å². The summed E-state index contributed by atoms with van der Waals surface area (Å²) in [5.41, 5.74) is 0.631. The number of rotatable bonds is 9. The second-order valence-corrected chi connectivity index (χ2v) is 8.11. The van der Waals surface area contributed by atoms with Crippen LogP contribution in [0.1, 0.15) is 5.56 Å². The third-order valence-corrected chi connectivity index (χ3v) is 5.37. The van der Waals surface area contributed by atoms with Crippen LogP contribution in [0.5, 0.6) is 11.5 Å². The summed E-state index contributed by atoms with van der Waals surface area (Å²) >= 11 is 0. The van der Waals surface area contributed by atoms with E-state index in [1.54, 1.807) is 31.1 Å². The van der Waals surface area contributed by atoms with Gasteiger partial charge in [-0.3, -0.25) is 0 Å². The van der Waals surface area contributed by atoms with E-state index in [1.807, 2.05) is 0 Å². The third kappa shape index (κ3) is 6.07. The van der Waals surface area contributed by atoms with Crippen LogP contribution < -0.4 is 8.92 Å². The Bertz CT molecular complexity index is 964. The lowest BCUT2D eigenvalue weighted by molar-refractivity contribution is 0.132. The summed E-state index contributed by atoms with van der Waals surface area (Å²) < 4.78 is 53.7. The van der Waals surface area contributed by atoms with Crippen LogP contribution in [0, 0.1) is 5.82 Å². The molecule has 10 heteroatoms. The molecule has 0 heterocycles. The summed E-state index contributed by atoms with van der Waals surface area (Å²) in [6, 6.07) is 8.83. The molecule has 8 nitrogen and oxygen atoms in total. The minimum absolute atomic E-state index is 0.0386. The Kier molecular flexibility index (Phi) is 8.01. The molecule has 2 amide bonds. The van der Waals surface area contributed by atoms with Crippen molar-refractivity contribution in [2.45, 2.75) is 11.4 Å². The zero-order valence-corrected chi connectivity index (χ0v) is 18.1. The number of halogens is 1. The molecular weight excluding hydrogens is 415 g/mol. The number of methoxy groups -OCH3 is 2. The minimum atomic E-state index is -4.21. The fraction of sp³-hybridized carbons (Fsp3) is 0.350. The second kappa shape index (κ2) is 10.3. The van der Waals surface area contributed by atoms with Crippen molar-refractivity contribution < 1.29 is 31.3 Å². The largest absolute Gasteiger partial charge is 0.493 e. The van der Waals surface area contributed by atoms with Gasteiger partial charge in [-0.05, 0) is 42.0 Å². The molecule has 0 aromatic heterocycles. The Morgan fingerprint density at radius 1 is 1.03 bits per heavy atom. The Hall–Kier alpha value is -2.85. The fourth-order valence-corrected chi connectivity index (χ4v) is 3.53. The SMILES string of the molecule is COCCN(Cc1ccc(OC)c(OS(=O)(=O)c2ccc(F)cc2)c1)C(=O)N(C)C. The van der Waals surface area contributed by atoms with Crippen LogP contribution in [0.2, 0.25) is 0 Å². The fourth-order valence-electron chi connectivity index (χ4n) is 2.60. The van der Waals surface area contributed by atoms with Crippen molar-refractivity contribution in [2.75, 3.05) is 41.5 Å². The maximum absolute atomic E-state index is 13.1. The predicted molar refractivity (Wildman–Crippen MR) is 109 cm³/mol. The zero-order chi connectivity index (χ0) is 22.3. The number of hydrogen-bond donors (Lipinski definition) is 0. The van der Waals surface area contributed by atoms with E-state index >= 15 is 0 Å². The molecule has 0 bridgehead atoms. The number of benzene rings is 2. The van der Waals surface area contributed by atoms with Crippen LogP contribution in [0.3, 0.4) is 0 Å². The number of hydrogen-bond acceptors (Lipinski definition) is 6. The molecule has 2 aromatic carbocycles. The van der Waals surface area contributed by atoms with Crippen molar-refractivity contribution in [3.05, 3.63) is 53.8 Å². The molecule has 0 radical (unpaired) electrons. The highest BCUT2D eigenvalue weighted by molar-refractivity contribution is 7.87. The first-order chi connectivity index (χ1) is 14.2. The Morgan fingerprint density at radius 3 is 2.27 bits per heavy atom. The van der Waals surface area contributed by atoms with Gasteiger partial charge in [-0.15, -0.1) is 0 Å². The van der Waals surface area contributed by atoms with Gasteiger partial charge in [0.2, 0.25) is 0 Å². The first-order valence-corrected chi connectivity index (χ1v) is 10.4. The highest BCUT2D eigenvalue weighted by Crippen LogP contribution is 2.31. The van der Waals surface area contributed by atoms with Gasteiger partial charge in [-0.2, -0.15) is 8.42 Å². The Balaban J connectivity index is 2.31. The molecule has 30 heavy (non-hydrogen) atoms. The maximum Gasteiger partial charge on any atom is 0.339 e. The summed E-state index contributed by atoms with van der Waals surface area (Å²) in [6.07, 6.45) is 0. The van der Waals surface area contributed by atoms with Crippen LogP contribution in [0.25, 0.3) is 0 Å². The lowest BCUT2D eigenvalue weighted by atomic mass is 10.2. The molecule has 0 saturated heterocycles. The Morgan fingerprint density at radius 2 is 1.70 bits per heavy atom. The van der Waals surface area contributed by atoms with Crippen LogP contribution in [0.15, 0.2) is 47.4 Å². The van der Waals surface area contributed by atoms with Gasteiger partial charge in [0.1, 0.15) is 10.7 Å². The molecule has 164 valence electrons. The number of carbonyl (C=O) groups excluding carboxylic acids is 1. The van der Waals surface area contributed by atoms with E-state index in [1.165, 1.54) is 25.2 Å². The molecule has 0 atom stereocenters. The number of urea groups is 1. The molecule has 0 unspecified atom stereocenters. The summed E-state index contributed by atoms with van der Waals surface area (Å²) in [5.74, 6) is -0.398. The standard InChI is InChI=1S/C20H25FN2O6S/c1-22(2)20(24)23(11-12-27-3)14-15-5-10-18(28-4)19(13-15)29-30(25,26)17-8-6-16(21)7-9-17/h5-10,13H,11-12,14H2,1-4H3. The van der Waals surface area contributed by atoms with Gasteiger partial charge in [0, 0.05) is 34.3 Å². The Labute approximate surface area is 175 Å². The minimum Gasteiger partial charge on any atom is -0.493 e. The first kappa shape index (κ1) is 23.4. The van der Waals surface area contributed by atoms with Crippen LogP contribution in [-0.2, 0) is 21.4 Å². The molecule has 0 saturated carbocycles. The number of nitrogens with zero attached hydrogens (tertiary/aromatic N) is 2. The molecular formula is C20H25FN2O6S. The van der Waals surface area contributed by atoms with Crippen molar-refractivity contribution >= 4 is 16.1 Å². The van der Waals surface area contributed by atoms with E-state index in [2.05, 4.69) is 0 Å². The van der Waals surface area contributed by atoms with Gasteiger partial charge in [-0.1, -0.05) is 6.07 Å². The smallest absolute Gasteiger partial charge is 0.339 e. The van der Waals surface area contributed by atoms with Gasteiger partial charge in [0.05, 0.1) is 13.7 Å². The van der Waals surface area contributed by atoms with Gasteiger partial charge >= 0.3 is 16.1 Å². The average Bonchev–Trinajstić information content (AvgIpc) is 2.70. The van der Waals surface area contributed by atoms with Crippen molar-refractivity contribution in [2.24, 2.45) is 0 Å². The first-order valence-electron chi connectivity index (χ1n) is 9.00. The van der Waals surface area contributed by atoms with E-state index in [0.29, 0.717) is 18.7 Å². The van der Waals surface area contributed by atoms with Crippen molar-refractivity contribution in [3.63, 3.8) is 0 Å².